The number of aromatic nitrogens is 6. The van der Waals surface area contributed by atoms with Crippen LogP contribution in [0, 0.1) is 13.8 Å². The second kappa shape index (κ2) is 8.24. The Morgan fingerprint density at radius 1 is 0.968 bits per heavy atom. The van der Waals surface area contributed by atoms with Crippen molar-refractivity contribution in [1.29, 1.82) is 0 Å². The average Bonchev–Trinajstić information content (AvgIpc) is 3.06. The van der Waals surface area contributed by atoms with Crippen LogP contribution in [0.4, 0.5) is 5.82 Å². The van der Waals surface area contributed by atoms with Crippen molar-refractivity contribution >= 4 is 5.82 Å². The molecule has 2 fully saturated rings. The van der Waals surface area contributed by atoms with Crippen LogP contribution in [-0.4, -0.2) is 35.6 Å². The number of hydrogen-bond acceptors (Lipinski definition) is 6. The van der Waals surface area contributed by atoms with Gasteiger partial charge in [0.25, 0.3) is 5.56 Å². The molecule has 8 heteroatoms. The minimum atomic E-state index is -0.0531. The Morgan fingerprint density at radius 2 is 1.77 bits per heavy atom. The minimum Gasteiger partial charge on any atom is -0.367 e. The molecule has 5 rings (SSSR count). The zero-order chi connectivity index (χ0) is 21.4. The lowest BCUT2D eigenvalue weighted by Crippen LogP contribution is -2.33. The van der Waals surface area contributed by atoms with Crippen LogP contribution in [0.15, 0.2) is 35.4 Å². The molecule has 0 aromatic carbocycles. The van der Waals surface area contributed by atoms with Gasteiger partial charge < -0.3 is 5.32 Å². The first-order valence-electron chi connectivity index (χ1n) is 11.3. The van der Waals surface area contributed by atoms with Crippen molar-refractivity contribution in [3.8, 4) is 5.82 Å². The normalized spacial score (nSPS) is 21.6. The van der Waals surface area contributed by atoms with Gasteiger partial charge in [0.1, 0.15) is 12.1 Å². The zero-order valence-corrected chi connectivity index (χ0v) is 18.2. The van der Waals surface area contributed by atoms with E-state index in [0.717, 1.165) is 48.6 Å². The molecule has 0 amide bonds. The van der Waals surface area contributed by atoms with Gasteiger partial charge in [0.2, 0.25) is 0 Å². The molecule has 162 valence electrons. The van der Waals surface area contributed by atoms with Crippen LogP contribution >= 0.6 is 0 Å². The molecule has 31 heavy (non-hydrogen) atoms. The SMILES string of the molecule is Cc1cc(C)n(-c2ccc(=O)n(C3CCC(Nc4cc(C5CCC5)ncn4)CC3)n2)n1. The van der Waals surface area contributed by atoms with E-state index in [1.54, 1.807) is 27.8 Å². The van der Waals surface area contributed by atoms with Crippen molar-refractivity contribution in [2.24, 2.45) is 0 Å². The molecule has 8 nitrogen and oxygen atoms in total. The van der Waals surface area contributed by atoms with E-state index in [-0.39, 0.29) is 11.6 Å². The van der Waals surface area contributed by atoms with Gasteiger partial charge in [0.15, 0.2) is 5.82 Å². The molecule has 0 radical (unpaired) electrons. The van der Waals surface area contributed by atoms with Crippen LogP contribution in [0.25, 0.3) is 5.82 Å². The van der Waals surface area contributed by atoms with E-state index in [1.807, 2.05) is 19.9 Å². The van der Waals surface area contributed by atoms with Crippen LogP contribution in [0.5, 0.6) is 0 Å². The lowest BCUT2D eigenvalue weighted by molar-refractivity contribution is 0.302. The summed E-state index contributed by atoms with van der Waals surface area (Å²) in [6.45, 7) is 3.96. The second-order valence-electron chi connectivity index (χ2n) is 8.92. The van der Waals surface area contributed by atoms with Crippen molar-refractivity contribution in [3.05, 3.63) is 58.0 Å². The lowest BCUT2D eigenvalue weighted by Gasteiger charge is -2.30. The Bertz CT molecular complexity index is 1120. The Hall–Kier alpha value is -3.03. The molecule has 3 aromatic rings. The minimum absolute atomic E-state index is 0.0531. The van der Waals surface area contributed by atoms with Crippen molar-refractivity contribution in [2.45, 2.75) is 76.8 Å². The molecular weight excluding hydrogens is 390 g/mol. The number of hydrogen-bond donors (Lipinski definition) is 1. The third kappa shape index (κ3) is 4.11. The molecule has 3 aromatic heterocycles. The predicted octanol–water partition coefficient (Wildman–Crippen LogP) is 3.70. The van der Waals surface area contributed by atoms with E-state index in [0.29, 0.717) is 17.8 Å². The van der Waals surface area contributed by atoms with E-state index >= 15 is 0 Å². The topological polar surface area (TPSA) is 90.5 Å². The van der Waals surface area contributed by atoms with Crippen LogP contribution in [0.3, 0.4) is 0 Å². The van der Waals surface area contributed by atoms with Gasteiger partial charge in [-0.05, 0) is 64.5 Å². The molecule has 2 aliphatic rings. The zero-order valence-electron chi connectivity index (χ0n) is 18.2. The molecular formula is C23H29N7O. The number of nitrogens with zero attached hydrogens (tertiary/aromatic N) is 6. The van der Waals surface area contributed by atoms with E-state index in [1.165, 1.54) is 19.3 Å². The Labute approximate surface area is 181 Å². The summed E-state index contributed by atoms with van der Waals surface area (Å²) in [5, 5.41) is 12.7. The van der Waals surface area contributed by atoms with Crippen LogP contribution in [0.1, 0.15) is 74.0 Å². The Balaban J connectivity index is 1.26. The summed E-state index contributed by atoms with van der Waals surface area (Å²) < 4.78 is 3.45. The summed E-state index contributed by atoms with van der Waals surface area (Å²) >= 11 is 0. The van der Waals surface area contributed by atoms with Gasteiger partial charge in [0, 0.05) is 35.5 Å². The quantitative estimate of drug-likeness (QED) is 0.678. The van der Waals surface area contributed by atoms with Crippen molar-refractivity contribution in [2.75, 3.05) is 5.32 Å². The first-order valence-corrected chi connectivity index (χ1v) is 11.3. The monoisotopic (exact) mass is 419 g/mol. The molecule has 0 bridgehead atoms. The van der Waals surface area contributed by atoms with E-state index in [9.17, 15) is 4.79 Å². The highest BCUT2D eigenvalue weighted by molar-refractivity contribution is 5.37. The summed E-state index contributed by atoms with van der Waals surface area (Å²) in [5.41, 5.74) is 3.06. The molecule has 0 saturated heterocycles. The molecule has 2 aliphatic carbocycles. The van der Waals surface area contributed by atoms with E-state index in [4.69, 9.17) is 0 Å². The molecule has 2 saturated carbocycles. The Kier molecular flexibility index (Phi) is 5.29. The number of anilines is 1. The smallest absolute Gasteiger partial charge is 0.267 e. The molecule has 1 N–H and O–H groups in total. The number of aryl methyl sites for hydroxylation is 2. The van der Waals surface area contributed by atoms with Gasteiger partial charge in [-0.15, -0.1) is 5.10 Å². The standard InChI is InChI=1S/C23H29N7O/c1-15-12-16(2)29(27-15)22-10-11-23(31)30(28-22)19-8-6-18(7-9-19)26-21-13-20(24-14-25-21)17-4-3-5-17/h10-14,17-19H,3-9H2,1-2H3,(H,24,25,26). The fraction of sp³-hybridized carbons (Fsp3) is 0.522. The Morgan fingerprint density at radius 3 is 2.45 bits per heavy atom. The van der Waals surface area contributed by atoms with Gasteiger partial charge in [-0.3, -0.25) is 4.79 Å². The third-order valence-corrected chi connectivity index (χ3v) is 6.64. The van der Waals surface area contributed by atoms with Gasteiger partial charge in [-0.2, -0.15) is 5.10 Å². The second-order valence-corrected chi connectivity index (χ2v) is 8.92. The molecule has 0 aliphatic heterocycles. The predicted molar refractivity (Wildman–Crippen MR) is 119 cm³/mol. The maximum atomic E-state index is 12.5. The first kappa shape index (κ1) is 19.9. The fourth-order valence-corrected chi connectivity index (χ4v) is 4.70. The average molecular weight is 420 g/mol. The third-order valence-electron chi connectivity index (χ3n) is 6.64. The van der Waals surface area contributed by atoms with Crippen LogP contribution < -0.4 is 10.9 Å². The van der Waals surface area contributed by atoms with Crippen molar-refractivity contribution < 1.29 is 0 Å². The highest BCUT2D eigenvalue weighted by atomic mass is 16.1. The fourth-order valence-electron chi connectivity index (χ4n) is 4.70. The van der Waals surface area contributed by atoms with E-state index in [2.05, 4.69) is 31.5 Å². The van der Waals surface area contributed by atoms with E-state index < -0.39 is 0 Å². The van der Waals surface area contributed by atoms with Gasteiger partial charge >= 0.3 is 0 Å². The maximum absolute atomic E-state index is 12.5. The van der Waals surface area contributed by atoms with Gasteiger partial charge in [0.05, 0.1) is 11.7 Å². The van der Waals surface area contributed by atoms with Crippen LogP contribution in [0.2, 0.25) is 0 Å². The van der Waals surface area contributed by atoms with Crippen LogP contribution in [-0.2, 0) is 0 Å². The van der Waals surface area contributed by atoms with Crippen molar-refractivity contribution in [3.63, 3.8) is 0 Å². The maximum Gasteiger partial charge on any atom is 0.267 e. The lowest BCUT2D eigenvalue weighted by atomic mass is 9.83. The first-order chi connectivity index (χ1) is 15.1. The number of nitrogens with one attached hydrogen (secondary N) is 1. The van der Waals surface area contributed by atoms with Gasteiger partial charge in [-0.1, -0.05) is 6.42 Å². The molecule has 0 atom stereocenters. The summed E-state index contributed by atoms with van der Waals surface area (Å²) in [6.07, 6.45) is 9.22. The highest BCUT2D eigenvalue weighted by Crippen LogP contribution is 2.36. The summed E-state index contributed by atoms with van der Waals surface area (Å²) in [7, 11) is 0. The number of rotatable bonds is 5. The summed E-state index contributed by atoms with van der Waals surface area (Å²) in [6, 6.07) is 7.94. The summed E-state index contributed by atoms with van der Waals surface area (Å²) in [5.74, 6) is 2.21. The van der Waals surface area contributed by atoms with Gasteiger partial charge in [-0.25, -0.2) is 19.3 Å². The van der Waals surface area contributed by atoms with Crippen molar-refractivity contribution in [1.82, 2.24) is 29.5 Å². The molecule has 0 spiro atoms. The highest BCUT2D eigenvalue weighted by Gasteiger charge is 2.25. The molecule has 0 unspecified atom stereocenters. The summed E-state index contributed by atoms with van der Waals surface area (Å²) in [4.78, 5) is 21.4. The largest absolute Gasteiger partial charge is 0.367 e. The molecule has 3 heterocycles.